The Morgan fingerprint density at radius 3 is 2.42 bits per heavy atom. The van der Waals surface area contributed by atoms with E-state index in [9.17, 15) is 23.1 Å². The number of aromatic carboxylic acids is 1. The van der Waals surface area contributed by atoms with Gasteiger partial charge >= 0.3 is 5.97 Å². The first kappa shape index (κ1) is 14.9. The largest absolute Gasteiger partial charge is 0.507 e. The average molecular weight is 288 g/mol. The highest BCUT2D eigenvalue weighted by Crippen LogP contribution is 2.25. The number of carbonyl (C=O) groups excluding carboxylic acids is 1. The number of carboxylic acids is 1. The summed E-state index contributed by atoms with van der Waals surface area (Å²) < 4.78 is 25.6. The molecule has 0 fully saturated rings. The second-order valence-corrected chi connectivity index (χ2v) is 5.47. The molecule has 1 amide bonds. The van der Waals surface area contributed by atoms with Gasteiger partial charge in [0.2, 0.25) is 15.9 Å². The number of hydrogen-bond acceptors (Lipinski definition) is 5. The zero-order valence-corrected chi connectivity index (χ0v) is 10.7. The van der Waals surface area contributed by atoms with Gasteiger partial charge in [0, 0.05) is 0 Å². The fourth-order valence-electron chi connectivity index (χ4n) is 1.38. The van der Waals surface area contributed by atoms with Crippen LogP contribution in [0.25, 0.3) is 0 Å². The summed E-state index contributed by atoms with van der Waals surface area (Å²) in [6, 6.07) is 1.83. The lowest BCUT2D eigenvalue weighted by atomic mass is 10.1. The van der Waals surface area contributed by atoms with E-state index in [1.807, 2.05) is 4.72 Å². The molecule has 0 heterocycles. The first-order chi connectivity index (χ1) is 8.65. The molecule has 19 heavy (non-hydrogen) atoms. The van der Waals surface area contributed by atoms with Gasteiger partial charge in [0.25, 0.3) is 0 Å². The molecular formula is C10H12N2O6S. The van der Waals surface area contributed by atoms with Gasteiger partial charge in [0.05, 0.1) is 11.4 Å². The van der Waals surface area contributed by atoms with Gasteiger partial charge in [-0.05, 0) is 24.6 Å². The van der Waals surface area contributed by atoms with Crippen LogP contribution in [0.3, 0.4) is 0 Å². The Morgan fingerprint density at radius 1 is 1.37 bits per heavy atom. The van der Waals surface area contributed by atoms with Crippen molar-refractivity contribution in [1.82, 2.24) is 4.72 Å². The molecule has 0 saturated heterocycles. The Kier molecular flexibility index (Phi) is 4.12. The number of hydrogen-bond donors (Lipinski definition) is 4. The molecule has 104 valence electrons. The van der Waals surface area contributed by atoms with E-state index in [1.165, 1.54) is 6.92 Å². The molecule has 0 bridgehead atoms. The third-order valence-electron chi connectivity index (χ3n) is 2.25. The lowest BCUT2D eigenvalue weighted by molar-refractivity contribution is -0.116. The molecule has 1 rings (SSSR count). The quantitative estimate of drug-likeness (QED) is 0.555. The highest BCUT2D eigenvalue weighted by atomic mass is 32.2. The van der Waals surface area contributed by atoms with Gasteiger partial charge in [-0.25, -0.2) is 17.9 Å². The van der Waals surface area contributed by atoms with Crippen molar-refractivity contribution in [2.24, 2.45) is 5.73 Å². The van der Waals surface area contributed by atoms with Crippen LogP contribution in [0.4, 0.5) is 0 Å². The van der Waals surface area contributed by atoms with Gasteiger partial charge < -0.3 is 15.9 Å². The number of primary amides is 1. The molecule has 0 atom stereocenters. The first-order valence-electron chi connectivity index (χ1n) is 5.00. The monoisotopic (exact) mass is 288 g/mol. The van der Waals surface area contributed by atoms with Crippen LogP contribution in [0.15, 0.2) is 17.0 Å². The highest BCUT2D eigenvalue weighted by Gasteiger charge is 2.21. The van der Waals surface area contributed by atoms with Crippen molar-refractivity contribution in [3.8, 4) is 5.75 Å². The summed E-state index contributed by atoms with van der Waals surface area (Å²) in [4.78, 5) is 21.0. The molecule has 0 unspecified atom stereocenters. The minimum Gasteiger partial charge on any atom is -0.507 e. The maximum Gasteiger partial charge on any atom is 0.339 e. The summed E-state index contributed by atoms with van der Waals surface area (Å²) in [6.07, 6.45) is 0. The molecule has 9 heteroatoms. The van der Waals surface area contributed by atoms with Gasteiger partial charge in [0.15, 0.2) is 0 Å². The number of aryl methyl sites for hydroxylation is 1. The van der Waals surface area contributed by atoms with Gasteiger partial charge in [-0.1, -0.05) is 0 Å². The van der Waals surface area contributed by atoms with Crippen molar-refractivity contribution in [3.05, 3.63) is 23.3 Å². The van der Waals surface area contributed by atoms with Crippen molar-refractivity contribution < 1.29 is 28.2 Å². The molecule has 0 radical (unpaired) electrons. The third kappa shape index (κ3) is 3.42. The number of nitrogens with one attached hydrogen (secondary N) is 1. The second-order valence-electron chi connectivity index (χ2n) is 3.73. The van der Waals surface area contributed by atoms with Gasteiger partial charge in [-0.2, -0.15) is 0 Å². The SMILES string of the molecule is Cc1cc(O)c(C(=O)O)cc1S(=O)(=O)NCC(N)=O. The number of sulfonamides is 1. The number of nitrogens with two attached hydrogens (primary N) is 1. The zero-order chi connectivity index (χ0) is 14.8. The number of rotatable bonds is 5. The Bertz CT molecular complexity index is 638. The van der Waals surface area contributed by atoms with Crippen molar-refractivity contribution in [2.45, 2.75) is 11.8 Å². The standard InChI is InChI=1S/C10H12N2O6S/c1-5-2-7(13)6(10(15)16)3-8(5)19(17,18)12-4-9(11)14/h2-3,12-13H,4H2,1H3,(H2,11,14)(H,15,16). The summed E-state index contributed by atoms with van der Waals surface area (Å²) in [6.45, 7) is 0.773. The zero-order valence-electron chi connectivity index (χ0n) is 9.87. The number of amides is 1. The summed E-state index contributed by atoms with van der Waals surface area (Å²) in [5, 5.41) is 18.2. The molecule has 0 spiro atoms. The normalized spacial score (nSPS) is 11.2. The first-order valence-corrected chi connectivity index (χ1v) is 6.48. The van der Waals surface area contributed by atoms with Crippen LogP contribution in [0.1, 0.15) is 15.9 Å². The van der Waals surface area contributed by atoms with E-state index in [2.05, 4.69) is 0 Å². The fraction of sp³-hybridized carbons (Fsp3) is 0.200. The Balaban J connectivity index is 3.30. The van der Waals surface area contributed by atoms with Crippen molar-refractivity contribution in [3.63, 3.8) is 0 Å². The second kappa shape index (κ2) is 5.24. The number of benzene rings is 1. The van der Waals surface area contributed by atoms with E-state index in [0.29, 0.717) is 0 Å². The fourth-order valence-corrected chi connectivity index (χ4v) is 2.62. The van der Waals surface area contributed by atoms with Crippen molar-refractivity contribution in [1.29, 1.82) is 0 Å². The summed E-state index contributed by atoms with van der Waals surface area (Å²) in [5.41, 5.74) is 4.41. The molecule has 1 aromatic carbocycles. The third-order valence-corrected chi connectivity index (χ3v) is 3.79. The summed E-state index contributed by atoms with van der Waals surface area (Å²) >= 11 is 0. The van der Waals surface area contributed by atoms with Crippen LogP contribution in [0, 0.1) is 6.92 Å². The van der Waals surface area contributed by atoms with Crippen LogP contribution in [0.5, 0.6) is 5.75 Å². The molecule has 0 saturated carbocycles. The van der Waals surface area contributed by atoms with Gasteiger partial charge in [0.1, 0.15) is 11.3 Å². The Labute approximate surface area is 108 Å². The van der Waals surface area contributed by atoms with E-state index in [-0.39, 0.29) is 10.5 Å². The predicted octanol–water partition coefficient (Wildman–Crippen LogP) is -0.838. The topological polar surface area (TPSA) is 147 Å². The van der Waals surface area contributed by atoms with Crippen LogP contribution >= 0.6 is 0 Å². The maximum atomic E-state index is 11.9. The molecule has 5 N–H and O–H groups in total. The Morgan fingerprint density at radius 2 is 1.95 bits per heavy atom. The van der Waals surface area contributed by atoms with Crippen molar-refractivity contribution in [2.75, 3.05) is 6.54 Å². The molecule has 0 aromatic heterocycles. The number of carbonyl (C=O) groups is 2. The van der Waals surface area contributed by atoms with Crippen LogP contribution in [-0.2, 0) is 14.8 Å². The minimum absolute atomic E-state index is 0.138. The molecule has 1 aromatic rings. The highest BCUT2D eigenvalue weighted by molar-refractivity contribution is 7.89. The van der Waals surface area contributed by atoms with E-state index in [4.69, 9.17) is 10.8 Å². The van der Waals surface area contributed by atoms with E-state index >= 15 is 0 Å². The smallest absolute Gasteiger partial charge is 0.339 e. The van der Waals surface area contributed by atoms with Crippen LogP contribution in [0.2, 0.25) is 0 Å². The van der Waals surface area contributed by atoms with E-state index < -0.39 is 39.8 Å². The maximum absolute atomic E-state index is 11.9. The molecule has 0 aliphatic carbocycles. The molecule has 8 nitrogen and oxygen atoms in total. The number of aromatic hydroxyl groups is 1. The van der Waals surface area contributed by atoms with E-state index in [1.54, 1.807) is 0 Å². The van der Waals surface area contributed by atoms with Gasteiger partial charge in [-0.3, -0.25) is 4.79 Å². The Hall–Kier alpha value is -2.13. The van der Waals surface area contributed by atoms with Crippen LogP contribution < -0.4 is 10.5 Å². The lowest BCUT2D eigenvalue weighted by Gasteiger charge is -2.10. The summed E-state index contributed by atoms with van der Waals surface area (Å²) in [5.74, 6) is -2.89. The van der Waals surface area contributed by atoms with Crippen LogP contribution in [-0.4, -0.2) is 37.1 Å². The molecular weight excluding hydrogens is 276 g/mol. The van der Waals surface area contributed by atoms with Crippen molar-refractivity contribution >= 4 is 21.9 Å². The average Bonchev–Trinajstić information content (AvgIpc) is 2.25. The van der Waals surface area contributed by atoms with Gasteiger partial charge in [-0.15, -0.1) is 0 Å². The number of carboxylic acid groups (broad SMARTS) is 1. The molecule has 0 aliphatic rings. The summed E-state index contributed by atoms with van der Waals surface area (Å²) in [7, 11) is -4.08. The minimum atomic E-state index is -4.08. The number of phenols is 1. The molecule has 0 aliphatic heterocycles. The predicted molar refractivity (Wildman–Crippen MR) is 64.2 cm³/mol. The lowest BCUT2D eigenvalue weighted by Crippen LogP contribution is -2.33. The van der Waals surface area contributed by atoms with E-state index in [0.717, 1.165) is 12.1 Å².